The first kappa shape index (κ1) is 36.6. The summed E-state index contributed by atoms with van der Waals surface area (Å²) in [5.41, 5.74) is 1.79. The highest BCUT2D eigenvalue weighted by molar-refractivity contribution is 7.86. The van der Waals surface area contributed by atoms with Crippen molar-refractivity contribution in [1.82, 2.24) is 5.32 Å². The average molecular weight is 664 g/mol. The summed E-state index contributed by atoms with van der Waals surface area (Å²) in [5, 5.41) is 2.88. The number of carbonyl (C=O) groups is 1. The number of carbonyl (C=O) groups excluding carboxylic acids is 1. The number of cyclic esters (lactones) is 1. The van der Waals surface area contributed by atoms with Crippen molar-refractivity contribution < 1.29 is 26.9 Å². The molecule has 1 fully saturated rings. The van der Waals surface area contributed by atoms with Gasteiger partial charge >= 0.3 is 6.09 Å². The molecule has 0 spiro atoms. The first-order valence-corrected chi connectivity index (χ1v) is 19.3. The lowest BCUT2D eigenvalue weighted by atomic mass is 9.80. The second kappa shape index (κ2) is 19.0. The molecule has 3 aromatic carbocycles. The highest BCUT2D eigenvalue weighted by Crippen LogP contribution is 2.41. The quantitative estimate of drug-likeness (QED) is 0.0656. The van der Waals surface area contributed by atoms with Gasteiger partial charge in [0.1, 0.15) is 11.7 Å². The zero-order chi connectivity index (χ0) is 33.4. The van der Waals surface area contributed by atoms with Gasteiger partial charge in [-0.1, -0.05) is 175 Å². The van der Waals surface area contributed by atoms with E-state index in [1.807, 2.05) is 91.0 Å². The Morgan fingerprint density at radius 1 is 0.702 bits per heavy atom. The Bertz CT molecular complexity index is 1320. The third-order valence-corrected chi connectivity index (χ3v) is 9.57. The summed E-state index contributed by atoms with van der Waals surface area (Å²) in [5.74, 6) is 0. The minimum atomic E-state index is -3.80. The van der Waals surface area contributed by atoms with E-state index in [1.54, 1.807) is 0 Å². The Balaban J connectivity index is 1.44. The van der Waals surface area contributed by atoms with Crippen molar-refractivity contribution in [2.24, 2.45) is 0 Å². The number of alkyl carbamates (subject to hydrolysis) is 1. The Hall–Kier alpha value is -3.20. The molecule has 256 valence electrons. The van der Waals surface area contributed by atoms with Gasteiger partial charge in [0.15, 0.2) is 6.10 Å². The van der Waals surface area contributed by atoms with Crippen molar-refractivity contribution in [1.29, 1.82) is 0 Å². The molecule has 1 saturated heterocycles. The maximum absolute atomic E-state index is 12.6. The Morgan fingerprint density at radius 2 is 1.13 bits per heavy atom. The number of ether oxygens (including phenoxy) is 2. The van der Waals surface area contributed by atoms with Crippen LogP contribution in [0.15, 0.2) is 91.0 Å². The van der Waals surface area contributed by atoms with Gasteiger partial charge in [0.05, 0.1) is 18.9 Å². The van der Waals surface area contributed by atoms with Gasteiger partial charge in [-0.15, -0.1) is 0 Å². The fourth-order valence-electron chi connectivity index (χ4n) is 6.61. The highest BCUT2D eigenvalue weighted by Gasteiger charge is 2.45. The molecule has 47 heavy (non-hydrogen) atoms. The van der Waals surface area contributed by atoms with Crippen LogP contribution >= 0.6 is 0 Å². The molecule has 1 heterocycles. The van der Waals surface area contributed by atoms with Crippen LogP contribution in [0, 0.1) is 0 Å². The van der Waals surface area contributed by atoms with Gasteiger partial charge in [0.2, 0.25) is 0 Å². The van der Waals surface area contributed by atoms with Crippen LogP contribution in [0.5, 0.6) is 0 Å². The summed E-state index contributed by atoms with van der Waals surface area (Å²) in [6.45, 7) is 2.31. The average Bonchev–Trinajstić information content (AvgIpc) is 3.46. The standard InChI is InChI=1S/C39H53NO6S/c1-3-4-5-6-7-8-9-10-11-12-13-23-30-36(46-47(2,42)43)37-35(40-38(41)45-37)31-44-39(32-24-17-14-18-25-32,33-26-19-15-20-27-33)34-28-21-16-22-29-34/h14-22,24-29,35-37H,3-13,23,30-31H2,1-2H3,(H,40,41)/t35-,36+,37-/m0/s1. The van der Waals surface area contributed by atoms with E-state index >= 15 is 0 Å². The molecule has 3 aromatic rings. The normalized spacial score (nSPS) is 17.3. The summed E-state index contributed by atoms with van der Waals surface area (Å²) in [7, 11) is -3.80. The molecule has 1 amide bonds. The number of rotatable bonds is 22. The molecule has 8 heteroatoms. The van der Waals surface area contributed by atoms with Crippen LogP contribution in [0.4, 0.5) is 4.79 Å². The zero-order valence-electron chi connectivity index (χ0n) is 28.1. The van der Waals surface area contributed by atoms with E-state index in [4.69, 9.17) is 13.7 Å². The third-order valence-electron chi connectivity index (χ3n) is 8.97. The van der Waals surface area contributed by atoms with Gasteiger partial charge in [0.25, 0.3) is 10.1 Å². The predicted octanol–water partition coefficient (Wildman–Crippen LogP) is 8.91. The minimum absolute atomic E-state index is 0.0666. The molecular weight excluding hydrogens is 610 g/mol. The van der Waals surface area contributed by atoms with Gasteiger partial charge in [-0.25, -0.2) is 4.79 Å². The van der Waals surface area contributed by atoms with Crippen molar-refractivity contribution in [2.45, 2.75) is 114 Å². The lowest BCUT2D eigenvalue weighted by Crippen LogP contribution is -2.46. The van der Waals surface area contributed by atoms with E-state index in [2.05, 4.69) is 12.2 Å². The van der Waals surface area contributed by atoms with Crippen LogP contribution in [0.3, 0.4) is 0 Å². The minimum Gasteiger partial charge on any atom is -0.441 e. The monoisotopic (exact) mass is 663 g/mol. The number of benzene rings is 3. The smallest absolute Gasteiger partial charge is 0.408 e. The molecule has 0 saturated carbocycles. The fraction of sp³-hybridized carbons (Fsp3) is 0.513. The molecule has 7 nitrogen and oxygen atoms in total. The summed E-state index contributed by atoms with van der Waals surface area (Å²) in [6, 6.07) is 29.3. The van der Waals surface area contributed by atoms with Crippen LogP contribution in [-0.2, 0) is 29.4 Å². The SMILES string of the molecule is CCCCCCCCCCCCCC[C@@H](OS(C)(=O)=O)[C@H]1OC(=O)N[C@H]1COC(c1ccccc1)(c1ccccc1)c1ccccc1. The summed E-state index contributed by atoms with van der Waals surface area (Å²) >= 11 is 0. The molecule has 3 atom stereocenters. The second-order valence-electron chi connectivity index (χ2n) is 12.7. The molecule has 0 aromatic heterocycles. The molecule has 4 rings (SSSR count). The zero-order valence-corrected chi connectivity index (χ0v) is 29.0. The van der Waals surface area contributed by atoms with Gasteiger partial charge in [-0.05, 0) is 23.1 Å². The molecule has 0 radical (unpaired) electrons. The Morgan fingerprint density at radius 3 is 1.55 bits per heavy atom. The predicted molar refractivity (Wildman–Crippen MR) is 188 cm³/mol. The Labute approximate surface area is 282 Å². The van der Waals surface area contributed by atoms with Gasteiger partial charge in [-0.3, -0.25) is 4.18 Å². The van der Waals surface area contributed by atoms with E-state index in [0.717, 1.165) is 42.2 Å². The molecule has 0 bridgehead atoms. The van der Waals surface area contributed by atoms with Gasteiger partial charge in [-0.2, -0.15) is 8.42 Å². The molecule has 1 aliphatic heterocycles. The van der Waals surface area contributed by atoms with Crippen molar-refractivity contribution in [3.05, 3.63) is 108 Å². The number of hydrogen-bond donors (Lipinski definition) is 1. The summed E-state index contributed by atoms with van der Waals surface area (Å²) < 4.78 is 43.0. The van der Waals surface area contributed by atoms with E-state index < -0.39 is 40.1 Å². The summed E-state index contributed by atoms with van der Waals surface area (Å²) in [6.07, 6.45) is 13.7. The highest BCUT2D eigenvalue weighted by atomic mass is 32.2. The maximum atomic E-state index is 12.6. The van der Waals surface area contributed by atoms with Crippen LogP contribution in [0.1, 0.15) is 107 Å². The molecule has 0 aliphatic carbocycles. The number of unbranched alkanes of at least 4 members (excludes halogenated alkanes) is 11. The van der Waals surface area contributed by atoms with Crippen LogP contribution < -0.4 is 5.32 Å². The van der Waals surface area contributed by atoms with Crippen LogP contribution in [-0.4, -0.2) is 45.6 Å². The van der Waals surface area contributed by atoms with Crippen molar-refractivity contribution in [3.63, 3.8) is 0 Å². The van der Waals surface area contributed by atoms with Crippen LogP contribution in [0.2, 0.25) is 0 Å². The first-order chi connectivity index (χ1) is 22.8. The lowest BCUT2D eigenvalue weighted by Gasteiger charge is -2.37. The van der Waals surface area contributed by atoms with Gasteiger partial charge < -0.3 is 14.8 Å². The first-order valence-electron chi connectivity index (χ1n) is 17.5. The second-order valence-corrected chi connectivity index (χ2v) is 14.3. The van der Waals surface area contributed by atoms with E-state index in [0.29, 0.717) is 6.42 Å². The number of hydrogen-bond acceptors (Lipinski definition) is 6. The lowest BCUT2D eigenvalue weighted by molar-refractivity contribution is -0.0285. The molecule has 0 unspecified atom stereocenters. The van der Waals surface area contributed by atoms with E-state index in [9.17, 15) is 13.2 Å². The van der Waals surface area contributed by atoms with Crippen molar-refractivity contribution in [3.8, 4) is 0 Å². The topological polar surface area (TPSA) is 90.9 Å². The van der Waals surface area contributed by atoms with Crippen LogP contribution in [0.25, 0.3) is 0 Å². The molecule has 1 aliphatic rings. The third kappa shape index (κ3) is 11.2. The van der Waals surface area contributed by atoms with E-state index in [-0.39, 0.29) is 6.61 Å². The maximum Gasteiger partial charge on any atom is 0.408 e. The number of amides is 1. The van der Waals surface area contributed by atoms with Crippen molar-refractivity contribution >= 4 is 16.2 Å². The Kier molecular flexibility index (Phi) is 14.8. The fourth-order valence-corrected chi connectivity index (χ4v) is 7.26. The number of nitrogens with one attached hydrogen (secondary N) is 1. The largest absolute Gasteiger partial charge is 0.441 e. The summed E-state index contributed by atoms with van der Waals surface area (Å²) in [4.78, 5) is 12.6. The molecular formula is C39H53NO6S. The molecule has 1 N–H and O–H groups in total. The van der Waals surface area contributed by atoms with E-state index in [1.165, 1.54) is 57.8 Å². The van der Waals surface area contributed by atoms with Crippen molar-refractivity contribution in [2.75, 3.05) is 12.9 Å². The van der Waals surface area contributed by atoms with Gasteiger partial charge in [0, 0.05) is 0 Å².